The van der Waals surface area contributed by atoms with Gasteiger partial charge in [0.15, 0.2) is 0 Å². The zero-order valence-corrected chi connectivity index (χ0v) is 11.7. The van der Waals surface area contributed by atoms with Crippen LogP contribution >= 0.6 is 11.6 Å². The molecule has 0 unspecified atom stereocenters. The molecule has 5 N–H and O–H groups in total. The average molecular weight is 316 g/mol. The zero-order chi connectivity index (χ0) is 14.9. The minimum absolute atomic E-state index is 0.0371. The molecule has 0 amide bonds. The third-order valence-corrected chi connectivity index (χ3v) is 3.85. The van der Waals surface area contributed by atoms with Crippen LogP contribution in [0.1, 0.15) is 0 Å². The molecule has 0 bridgehead atoms. The van der Waals surface area contributed by atoms with Crippen molar-refractivity contribution >= 4 is 38.7 Å². The number of para-hydroxylation sites is 1. The van der Waals surface area contributed by atoms with Crippen LogP contribution in [0.25, 0.3) is 0 Å². The van der Waals surface area contributed by atoms with Crippen molar-refractivity contribution in [2.45, 2.75) is 4.90 Å². The highest BCUT2D eigenvalue weighted by Crippen LogP contribution is 2.30. The van der Waals surface area contributed by atoms with Crippen molar-refractivity contribution in [2.24, 2.45) is 5.14 Å². The summed E-state index contributed by atoms with van der Waals surface area (Å²) in [6, 6.07) is 8.23. The van der Waals surface area contributed by atoms with Gasteiger partial charge in [0.25, 0.3) is 0 Å². The number of sulfonamides is 1. The second-order valence-corrected chi connectivity index (χ2v) is 5.96. The summed E-state index contributed by atoms with van der Waals surface area (Å²) in [6.07, 6.45) is 0. The normalized spacial score (nSPS) is 11.3. The van der Waals surface area contributed by atoms with E-state index in [-0.39, 0.29) is 21.3 Å². The van der Waals surface area contributed by atoms with Crippen molar-refractivity contribution < 1.29 is 12.8 Å². The van der Waals surface area contributed by atoms with E-state index in [1.807, 2.05) is 0 Å². The van der Waals surface area contributed by atoms with Crippen LogP contribution in [0.2, 0.25) is 5.02 Å². The molecule has 0 aliphatic heterocycles. The average Bonchev–Trinajstić information content (AvgIpc) is 2.32. The van der Waals surface area contributed by atoms with Crippen LogP contribution in [0.15, 0.2) is 41.3 Å². The summed E-state index contributed by atoms with van der Waals surface area (Å²) in [7, 11) is -3.89. The van der Waals surface area contributed by atoms with E-state index < -0.39 is 15.8 Å². The summed E-state index contributed by atoms with van der Waals surface area (Å²) >= 11 is 5.87. The van der Waals surface area contributed by atoms with Crippen LogP contribution in [0.4, 0.5) is 21.5 Å². The molecule has 2 aromatic rings. The van der Waals surface area contributed by atoms with Gasteiger partial charge in [0.2, 0.25) is 10.0 Å². The Morgan fingerprint density at radius 1 is 1.20 bits per heavy atom. The van der Waals surface area contributed by atoms with Gasteiger partial charge < -0.3 is 11.1 Å². The zero-order valence-electron chi connectivity index (χ0n) is 10.1. The van der Waals surface area contributed by atoms with Crippen LogP contribution in [-0.4, -0.2) is 8.42 Å². The topological polar surface area (TPSA) is 98.2 Å². The molecule has 0 radical (unpaired) electrons. The summed E-state index contributed by atoms with van der Waals surface area (Å²) in [4.78, 5) is -0.192. The molecular formula is C12H11ClFN3O2S. The monoisotopic (exact) mass is 315 g/mol. The second kappa shape index (κ2) is 5.28. The fourth-order valence-electron chi connectivity index (χ4n) is 1.65. The minimum atomic E-state index is -3.89. The van der Waals surface area contributed by atoms with E-state index in [0.717, 1.165) is 0 Å². The molecule has 20 heavy (non-hydrogen) atoms. The maximum atomic E-state index is 13.6. The van der Waals surface area contributed by atoms with Crippen LogP contribution < -0.4 is 16.2 Å². The van der Waals surface area contributed by atoms with E-state index in [0.29, 0.717) is 5.69 Å². The molecule has 0 aliphatic rings. The number of nitrogens with one attached hydrogen (secondary N) is 1. The number of anilines is 3. The highest BCUT2D eigenvalue weighted by Gasteiger charge is 2.13. The molecule has 0 atom stereocenters. The maximum Gasteiger partial charge on any atom is 0.240 e. The Hall–Kier alpha value is -1.83. The van der Waals surface area contributed by atoms with E-state index >= 15 is 0 Å². The molecule has 0 saturated heterocycles. The van der Waals surface area contributed by atoms with Gasteiger partial charge in [-0.3, -0.25) is 0 Å². The summed E-state index contributed by atoms with van der Waals surface area (Å²) in [5.74, 6) is -0.536. The van der Waals surface area contributed by atoms with Crippen molar-refractivity contribution in [2.75, 3.05) is 11.1 Å². The first-order chi connectivity index (χ1) is 9.29. The summed E-state index contributed by atoms with van der Waals surface area (Å²) in [5.41, 5.74) is 6.05. The molecule has 0 saturated carbocycles. The molecule has 0 spiro atoms. The van der Waals surface area contributed by atoms with E-state index in [9.17, 15) is 12.8 Å². The van der Waals surface area contributed by atoms with E-state index in [1.54, 1.807) is 0 Å². The first-order valence-electron chi connectivity index (χ1n) is 5.42. The van der Waals surface area contributed by atoms with Crippen LogP contribution in [0.3, 0.4) is 0 Å². The molecule has 2 aromatic carbocycles. The number of hydrogen-bond acceptors (Lipinski definition) is 4. The molecule has 0 heterocycles. The largest absolute Gasteiger partial charge is 0.398 e. The van der Waals surface area contributed by atoms with Gasteiger partial charge in [-0.05, 0) is 30.3 Å². The van der Waals surface area contributed by atoms with E-state index in [2.05, 4.69) is 5.32 Å². The number of nitrogen functional groups attached to an aromatic ring is 1. The van der Waals surface area contributed by atoms with Gasteiger partial charge in [0.1, 0.15) is 10.7 Å². The van der Waals surface area contributed by atoms with Gasteiger partial charge in [-0.2, -0.15) is 0 Å². The highest BCUT2D eigenvalue weighted by molar-refractivity contribution is 7.89. The molecule has 106 valence electrons. The van der Waals surface area contributed by atoms with Crippen molar-refractivity contribution in [1.82, 2.24) is 0 Å². The molecule has 5 nitrogen and oxygen atoms in total. The SMILES string of the molecule is Nc1cc(Nc2c(F)cccc2Cl)ccc1S(N)(=O)=O. The summed E-state index contributed by atoms with van der Waals surface area (Å²) in [5, 5.41) is 7.93. The van der Waals surface area contributed by atoms with E-state index in [1.165, 1.54) is 36.4 Å². The number of primary sulfonamides is 1. The van der Waals surface area contributed by atoms with Gasteiger partial charge in [-0.25, -0.2) is 17.9 Å². The maximum absolute atomic E-state index is 13.6. The number of halogens is 2. The molecule has 0 aromatic heterocycles. The second-order valence-electron chi connectivity index (χ2n) is 4.02. The molecule has 8 heteroatoms. The number of benzene rings is 2. The van der Waals surface area contributed by atoms with Crippen LogP contribution in [-0.2, 0) is 10.0 Å². The third-order valence-electron chi connectivity index (χ3n) is 2.55. The van der Waals surface area contributed by atoms with Gasteiger partial charge in [0, 0.05) is 5.69 Å². The first kappa shape index (κ1) is 14.6. The van der Waals surface area contributed by atoms with Gasteiger partial charge in [-0.15, -0.1) is 0 Å². The lowest BCUT2D eigenvalue weighted by Gasteiger charge is -2.11. The number of hydrogen-bond donors (Lipinski definition) is 3. The lowest BCUT2D eigenvalue weighted by atomic mass is 10.2. The Morgan fingerprint density at radius 2 is 1.90 bits per heavy atom. The Balaban J connectivity index is 2.39. The van der Waals surface area contributed by atoms with Crippen LogP contribution in [0.5, 0.6) is 0 Å². The van der Waals surface area contributed by atoms with Crippen molar-refractivity contribution in [3.63, 3.8) is 0 Å². The molecule has 2 rings (SSSR count). The summed E-state index contributed by atoms with van der Waals surface area (Å²) < 4.78 is 36.1. The summed E-state index contributed by atoms with van der Waals surface area (Å²) in [6.45, 7) is 0. The number of nitrogens with two attached hydrogens (primary N) is 2. The standard InChI is InChI=1S/C12H11ClFN3O2S/c13-8-2-1-3-9(14)12(8)17-7-4-5-11(10(15)6-7)20(16,18)19/h1-6,17H,15H2,(H2,16,18,19). The van der Waals surface area contributed by atoms with Crippen LogP contribution in [0, 0.1) is 5.82 Å². The van der Waals surface area contributed by atoms with Gasteiger partial charge in [0.05, 0.1) is 16.4 Å². The highest BCUT2D eigenvalue weighted by atomic mass is 35.5. The minimum Gasteiger partial charge on any atom is -0.398 e. The molecule has 0 fully saturated rings. The van der Waals surface area contributed by atoms with Gasteiger partial charge >= 0.3 is 0 Å². The fourth-order valence-corrected chi connectivity index (χ4v) is 2.50. The smallest absolute Gasteiger partial charge is 0.240 e. The lowest BCUT2D eigenvalue weighted by molar-refractivity contribution is 0.598. The van der Waals surface area contributed by atoms with Crippen molar-refractivity contribution in [1.29, 1.82) is 0 Å². The fraction of sp³-hybridized carbons (Fsp3) is 0. The Kier molecular flexibility index (Phi) is 3.85. The Bertz CT molecular complexity index is 745. The predicted octanol–water partition coefficient (Wildman–Crippen LogP) is 2.45. The Labute approximate surface area is 120 Å². The molecule has 0 aliphatic carbocycles. The van der Waals surface area contributed by atoms with E-state index in [4.69, 9.17) is 22.5 Å². The third kappa shape index (κ3) is 3.01. The molecular weight excluding hydrogens is 305 g/mol. The Morgan fingerprint density at radius 3 is 2.45 bits per heavy atom. The predicted molar refractivity (Wildman–Crippen MR) is 76.9 cm³/mol. The first-order valence-corrected chi connectivity index (χ1v) is 7.35. The quantitative estimate of drug-likeness (QED) is 0.758. The lowest BCUT2D eigenvalue weighted by Crippen LogP contribution is -2.14. The van der Waals surface area contributed by atoms with Crippen molar-refractivity contribution in [3.8, 4) is 0 Å². The van der Waals surface area contributed by atoms with Crippen molar-refractivity contribution in [3.05, 3.63) is 47.2 Å². The van der Waals surface area contributed by atoms with Gasteiger partial charge in [-0.1, -0.05) is 17.7 Å². The number of rotatable bonds is 3.